The van der Waals surface area contributed by atoms with Gasteiger partial charge in [0.15, 0.2) is 0 Å². The highest BCUT2D eigenvalue weighted by molar-refractivity contribution is 5.91. The van der Waals surface area contributed by atoms with Crippen LogP contribution in [0.2, 0.25) is 0 Å². The van der Waals surface area contributed by atoms with Gasteiger partial charge in [0.05, 0.1) is 13.2 Å². The number of amides is 1. The van der Waals surface area contributed by atoms with Crippen LogP contribution >= 0.6 is 0 Å². The summed E-state index contributed by atoms with van der Waals surface area (Å²) in [6, 6.07) is -0.687. The van der Waals surface area contributed by atoms with Crippen LogP contribution in [0.15, 0.2) is 12.2 Å². The van der Waals surface area contributed by atoms with Gasteiger partial charge in [0, 0.05) is 6.08 Å². The number of aldehydes is 1. The second-order valence-electron chi connectivity index (χ2n) is 3.45. The fraction of sp³-hybridized carbons (Fsp3) is 0.400. The molecule has 1 amide bonds. The lowest BCUT2D eigenvalue weighted by atomic mass is 10.1. The number of aromatic amines is 1. The van der Waals surface area contributed by atoms with Crippen LogP contribution in [0.4, 0.5) is 0 Å². The lowest BCUT2D eigenvalue weighted by Gasteiger charge is -2.09. The minimum Gasteiger partial charge on any atom is -0.466 e. The monoisotopic (exact) mass is 267 g/mol. The summed E-state index contributed by atoms with van der Waals surface area (Å²) in [7, 11) is 1.27. The van der Waals surface area contributed by atoms with Gasteiger partial charge in [-0.1, -0.05) is 6.08 Å². The minimum atomic E-state index is -0.687. The Morgan fingerprint density at radius 3 is 2.89 bits per heavy atom. The van der Waals surface area contributed by atoms with E-state index in [-0.39, 0.29) is 5.82 Å². The SMILES string of the molecule is COC(=O)/C=C/CC[C@@H](C=O)NC(=O)c1nn[nH]n1. The first-order valence-corrected chi connectivity index (χ1v) is 5.41. The summed E-state index contributed by atoms with van der Waals surface area (Å²) >= 11 is 0. The van der Waals surface area contributed by atoms with Crippen molar-refractivity contribution in [3.05, 3.63) is 18.0 Å². The Morgan fingerprint density at radius 2 is 2.32 bits per heavy atom. The number of aromatic nitrogens is 4. The number of methoxy groups -OCH3 is 1. The highest BCUT2D eigenvalue weighted by Gasteiger charge is 2.15. The van der Waals surface area contributed by atoms with Crippen molar-refractivity contribution in [2.75, 3.05) is 7.11 Å². The standard InChI is InChI=1S/C10H13N5O4/c1-19-8(17)5-3-2-4-7(6-16)11-10(18)9-12-14-15-13-9/h3,5-7H,2,4H2,1H3,(H,11,18)(H,12,13,14,15)/b5-3+/t7-/m0/s1. The van der Waals surface area contributed by atoms with Gasteiger partial charge in [0.25, 0.3) is 11.7 Å². The van der Waals surface area contributed by atoms with Gasteiger partial charge in [-0.2, -0.15) is 5.21 Å². The molecule has 0 saturated heterocycles. The molecule has 2 N–H and O–H groups in total. The first-order chi connectivity index (χ1) is 9.17. The maximum atomic E-state index is 11.5. The van der Waals surface area contributed by atoms with Crippen LogP contribution in [-0.2, 0) is 14.3 Å². The molecule has 19 heavy (non-hydrogen) atoms. The van der Waals surface area contributed by atoms with Crippen LogP contribution in [0.1, 0.15) is 23.5 Å². The Labute approximate surface area is 108 Å². The third-order valence-electron chi connectivity index (χ3n) is 2.13. The van der Waals surface area contributed by atoms with Crippen molar-refractivity contribution in [2.24, 2.45) is 0 Å². The molecule has 0 unspecified atom stereocenters. The average molecular weight is 267 g/mol. The quantitative estimate of drug-likeness (QED) is 0.368. The largest absolute Gasteiger partial charge is 0.466 e. The number of ether oxygens (including phenoxy) is 1. The predicted molar refractivity (Wildman–Crippen MR) is 61.9 cm³/mol. The van der Waals surface area contributed by atoms with E-state index in [1.807, 2.05) is 0 Å². The summed E-state index contributed by atoms with van der Waals surface area (Å²) in [6.45, 7) is 0. The number of carbonyl (C=O) groups excluding carboxylic acids is 3. The van der Waals surface area contributed by atoms with Gasteiger partial charge in [-0.15, -0.1) is 10.2 Å². The average Bonchev–Trinajstić information content (AvgIpc) is 2.95. The van der Waals surface area contributed by atoms with E-state index < -0.39 is 17.9 Å². The molecule has 1 rings (SSSR count). The zero-order valence-corrected chi connectivity index (χ0v) is 10.2. The Kier molecular flexibility index (Phi) is 5.86. The number of tetrazole rings is 1. The molecule has 1 atom stereocenters. The minimum absolute atomic E-state index is 0.142. The molecule has 0 spiro atoms. The van der Waals surface area contributed by atoms with E-state index in [0.717, 1.165) is 0 Å². The Morgan fingerprint density at radius 1 is 1.53 bits per heavy atom. The van der Waals surface area contributed by atoms with E-state index in [4.69, 9.17) is 0 Å². The molecule has 1 heterocycles. The maximum Gasteiger partial charge on any atom is 0.330 e. The molecule has 0 saturated carbocycles. The zero-order valence-electron chi connectivity index (χ0n) is 10.2. The summed E-state index contributed by atoms with van der Waals surface area (Å²) < 4.78 is 4.41. The number of carbonyl (C=O) groups is 3. The van der Waals surface area contributed by atoms with Crippen LogP contribution < -0.4 is 5.32 Å². The van der Waals surface area contributed by atoms with E-state index in [9.17, 15) is 14.4 Å². The van der Waals surface area contributed by atoms with Gasteiger partial charge in [-0.05, 0) is 18.1 Å². The van der Waals surface area contributed by atoms with Crippen LogP contribution in [0.3, 0.4) is 0 Å². The Balaban J connectivity index is 2.38. The molecule has 1 aromatic heterocycles. The van der Waals surface area contributed by atoms with Gasteiger partial charge < -0.3 is 14.8 Å². The van der Waals surface area contributed by atoms with Gasteiger partial charge in [0.2, 0.25) is 0 Å². The van der Waals surface area contributed by atoms with Crippen molar-refractivity contribution in [1.29, 1.82) is 0 Å². The van der Waals surface area contributed by atoms with Crippen molar-refractivity contribution in [3.63, 3.8) is 0 Å². The van der Waals surface area contributed by atoms with Gasteiger partial charge >= 0.3 is 5.97 Å². The first kappa shape index (κ1) is 14.5. The third kappa shape index (κ3) is 5.06. The number of hydrogen-bond donors (Lipinski definition) is 2. The molecule has 0 aliphatic carbocycles. The lowest BCUT2D eigenvalue weighted by molar-refractivity contribution is -0.134. The van der Waals surface area contributed by atoms with Crippen LogP contribution in [0, 0.1) is 0 Å². The molecule has 0 aliphatic rings. The van der Waals surface area contributed by atoms with E-state index in [2.05, 4.69) is 30.7 Å². The summed E-state index contributed by atoms with van der Waals surface area (Å²) in [4.78, 5) is 33.1. The summed E-state index contributed by atoms with van der Waals surface area (Å²) in [5.41, 5.74) is 0. The van der Waals surface area contributed by atoms with Crippen LogP contribution in [0.5, 0.6) is 0 Å². The molecule has 0 radical (unpaired) electrons. The molecule has 9 heteroatoms. The van der Waals surface area contributed by atoms with E-state index in [0.29, 0.717) is 19.1 Å². The number of nitrogens with zero attached hydrogens (tertiary/aromatic N) is 3. The first-order valence-electron chi connectivity index (χ1n) is 5.41. The van der Waals surface area contributed by atoms with E-state index in [1.165, 1.54) is 13.2 Å². The summed E-state index contributed by atoms with van der Waals surface area (Å²) in [5, 5.41) is 14.8. The molecule has 0 aromatic carbocycles. The van der Waals surface area contributed by atoms with Gasteiger partial charge in [-0.25, -0.2) is 4.79 Å². The van der Waals surface area contributed by atoms with Crippen molar-refractivity contribution in [3.8, 4) is 0 Å². The maximum absolute atomic E-state index is 11.5. The molecule has 102 valence electrons. The number of H-pyrrole nitrogens is 1. The van der Waals surface area contributed by atoms with Crippen molar-refractivity contribution >= 4 is 18.2 Å². The highest BCUT2D eigenvalue weighted by atomic mass is 16.5. The lowest BCUT2D eigenvalue weighted by Crippen LogP contribution is -2.36. The smallest absolute Gasteiger partial charge is 0.330 e. The van der Waals surface area contributed by atoms with Crippen LogP contribution in [0.25, 0.3) is 0 Å². The van der Waals surface area contributed by atoms with Crippen molar-refractivity contribution < 1.29 is 19.1 Å². The fourth-order valence-corrected chi connectivity index (χ4v) is 1.19. The zero-order chi connectivity index (χ0) is 14.1. The summed E-state index contributed by atoms with van der Waals surface area (Å²) in [6.07, 6.45) is 4.20. The van der Waals surface area contributed by atoms with Crippen molar-refractivity contribution in [2.45, 2.75) is 18.9 Å². The number of esters is 1. The normalized spacial score (nSPS) is 12.1. The van der Waals surface area contributed by atoms with E-state index in [1.54, 1.807) is 6.08 Å². The number of rotatable bonds is 7. The molecule has 0 fully saturated rings. The number of allylic oxidation sites excluding steroid dienone is 1. The molecule has 0 bridgehead atoms. The van der Waals surface area contributed by atoms with Gasteiger partial charge in [0.1, 0.15) is 6.29 Å². The van der Waals surface area contributed by atoms with Gasteiger partial charge in [-0.3, -0.25) is 4.79 Å². The third-order valence-corrected chi connectivity index (χ3v) is 2.13. The van der Waals surface area contributed by atoms with Crippen molar-refractivity contribution in [1.82, 2.24) is 25.9 Å². The molecule has 0 aliphatic heterocycles. The molecular weight excluding hydrogens is 254 g/mol. The topological polar surface area (TPSA) is 127 Å². The van der Waals surface area contributed by atoms with E-state index >= 15 is 0 Å². The summed E-state index contributed by atoms with van der Waals surface area (Å²) in [5.74, 6) is -1.21. The number of nitrogens with one attached hydrogen (secondary N) is 2. The molecule has 1 aromatic rings. The highest BCUT2D eigenvalue weighted by Crippen LogP contribution is 1.98. The fourth-order valence-electron chi connectivity index (χ4n) is 1.19. The second kappa shape index (κ2) is 7.69. The Bertz CT molecular complexity index is 456. The molecular formula is C10H13N5O4. The molecule has 9 nitrogen and oxygen atoms in total. The van der Waals surface area contributed by atoms with Crippen LogP contribution in [-0.4, -0.2) is 51.9 Å². The Hall–Kier alpha value is -2.58. The second-order valence-corrected chi connectivity index (χ2v) is 3.45. The predicted octanol–water partition coefficient (Wildman–Crippen LogP) is -0.994. The number of hydrogen-bond acceptors (Lipinski definition) is 7.